The Morgan fingerprint density at radius 2 is 1.86 bits per heavy atom. The van der Waals surface area contributed by atoms with Crippen molar-refractivity contribution in [3.8, 4) is 11.5 Å². The highest BCUT2D eigenvalue weighted by molar-refractivity contribution is 6.31. The molecule has 2 aromatic carbocycles. The van der Waals surface area contributed by atoms with Gasteiger partial charge in [-0.25, -0.2) is 0 Å². The van der Waals surface area contributed by atoms with Crippen LogP contribution in [0.1, 0.15) is 12.8 Å². The van der Waals surface area contributed by atoms with Gasteiger partial charge in [0.05, 0.1) is 11.4 Å². The number of rotatable bonds is 0. The van der Waals surface area contributed by atoms with Crippen LogP contribution in [0.15, 0.2) is 47.5 Å². The van der Waals surface area contributed by atoms with E-state index in [0.29, 0.717) is 5.02 Å². The predicted molar refractivity (Wildman–Crippen MR) is 88.9 cm³/mol. The topological polar surface area (TPSA) is 24.8 Å². The van der Waals surface area contributed by atoms with Crippen molar-refractivity contribution in [2.45, 2.75) is 12.8 Å². The first-order chi connectivity index (χ1) is 9.83. The van der Waals surface area contributed by atoms with Crippen LogP contribution >= 0.6 is 24.0 Å². The van der Waals surface area contributed by atoms with Crippen molar-refractivity contribution in [2.24, 2.45) is 4.99 Å². The Morgan fingerprint density at radius 3 is 2.67 bits per heavy atom. The van der Waals surface area contributed by atoms with E-state index in [0.717, 1.165) is 48.1 Å². The third-order valence-corrected chi connectivity index (χ3v) is 3.83. The van der Waals surface area contributed by atoms with Crippen molar-refractivity contribution in [3.63, 3.8) is 0 Å². The SMILES string of the molecule is Cl.Clc1ccc2c(c1)N(C1=NCCC1)c1ccccc1O2. The Labute approximate surface area is 134 Å². The van der Waals surface area contributed by atoms with Crippen molar-refractivity contribution >= 4 is 41.2 Å². The highest BCUT2D eigenvalue weighted by Gasteiger charge is 2.28. The van der Waals surface area contributed by atoms with Gasteiger partial charge in [-0.3, -0.25) is 9.89 Å². The number of para-hydroxylation sites is 2. The number of fused-ring (bicyclic) bond motifs is 2. The summed E-state index contributed by atoms with van der Waals surface area (Å²) in [5.41, 5.74) is 2.00. The molecular formula is C16H14Cl2N2O. The monoisotopic (exact) mass is 320 g/mol. The van der Waals surface area contributed by atoms with Crippen LogP contribution in [0.5, 0.6) is 11.5 Å². The number of hydrogen-bond acceptors (Lipinski definition) is 3. The molecule has 0 aliphatic carbocycles. The van der Waals surface area contributed by atoms with Crippen molar-refractivity contribution in [1.82, 2.24) is 0 Å². The van der Waals surface area contributed by atoms with Gasteiger partial charge in [0.15, 0.2) is 11.5 Å². The van der Waals surface area contributed by atoms with E-state index in [2.05, 4.69) is 16.0 Å². The molecule has 0 amide bonds. The van der Waals surface area contributed by atoms with Crippen LogP contribution < -0.4 is 9.64 Å². The van der Waals surface area contributed by atoms with E-state index in [1.807, 2.05) is 36.4 Å². The van der Waals surface area contributed by atoms with E-state index in [1.54, 1.807) is 0 Å². The van der Waals surface area contributed by atoms with Gasteiger partial charge in [0.1, 0.15) is 5.84 Å². The zero-order valence-electron chi connectivity index (χ0n) is 11.3. The molecule has 0 aromatic heterocycles. The maximum atomic E-state index is 6.15. The minimum atomic E-state index is 0. The van der Waals surface area contributed by atoms with Gasteiger partial charge in [0.2, 0.25) is 0 Å². The first-order valence-electron chi connectivity index (χ1n) is 6.73. The molecule has 0 radical (unpaired) electrons. The van der Waals surface area contributed by atoms with Gasteiger partial charge >= 0.3 is 0 Å². The summed E-state index contributed by atoms with van der Waals surface area (Å²) in [5, 5.41) is 0.704. The molecule has 2 aromatic rings. The second-order valence-electron chi connectivity index (χ2n) is 4.92. The van der Waals surface area contributed by atoms with Gasteiger partial charge in [-0.15, -0.1) is 12.4 Å². The van der Waals surface area contributed by atoms with E-state index < -0.39 is 0 Å². The third-order valence-electron chi connectivity index (χ3n) is 3.60. The molecule has 2 aliphatic heterocycles. The van der Waals surface area contributed by atoms with Crippen LogP contribution in [-0.2, 0) is 0 Å². The summed E-state index contributed by atoms with van der Waals surface area (Å²) in [6.07, 6.45) is 2.09. The minimum absolute atomic E-state index is 0. The molecule has 108 valence electrons. The second-order valence-corrected chi connectivity index (χ2v) is 5.36. The summed E-state index contributed by atoms with van der Waals surface area (Å²) in [4.78, 5) is 6.80. The number of hydrogen-bond donors (Lipinski definition) is 0. The number of benzene rings is 2. The normalized spacial score (nSPS) is 15.5. The molecule has 0 fully saturated rings. The molecule has 2 heterocycles. The minimum Gasteiger partial charge on any atom is -0.453 e. The summed E-state index contributed by atoms with van der Waals surface area (Å²) in [6, 6.07) is 13.7. The molecule has 5 heteroatoms. The molecule has 0 saturated heterocycles. The van der Waals surface area contributed by atoms with Gasteiger partial charge in [-0.05, 0) is 36.8 Å². The van der Waals surface area contributed by atoms with Crippen molar-refractivity contribution in [2.75, 3.05) is 11.4 Å². The maximum absolute atomic E-state index is 6.15. The largest absolute Gasteiger partial charge is 0.453 e. The lowest BCUT2D eigenvalue weighted by Gasteiger charge is -2.32. The van der Waals surface area contributed by atoms with Crippen molar-refractivity contribution < 1.29 is 4.74 Å². The van der Waals surface area contributed by atoms with E-state index in [1.165, 1.54) is 0 Å². The van der Waals surface area contributed by atoms with Crippen LogP contribution in [0.3, 0.4) is 0 Å². The number of amidine groups is 1. The molecule has 0 atom stereocenters. The van der Waals surface area contributed by atoms with E-state index in [-0.39, 0.29) is 12.4 Å². The smallest absolute Gasteiger partial charge is 0.151 e. The van der Waals surface area contributed by atoms with Crippen LogP contribution in [0, 0.1) is 0 Å². The Balaban J connectivity index is 0.00000132. The summed E-state index contributed by atoms with van der Waals surface area (Å²) in [6.45, 7) is 0.894. The van der Waals surface area contributed by atoms with E-state index >= 15 is 0 Å². The average molecular weight is 321 g/mol. The molecule has 0 unspecified atom stereocenters. The highest BCUT2D eigenvalue weighted by atomic mass is 35.5. The van der Waals surface area contributed by atoms with Gasteiger partial charge in [-0.1, -0.05) is 23.7 Å². The summed E-state index contributed by atoms with van der Waals surface area (Å²) < 4.78 is 5.97. The zero-order chi connectivity index (χ0) is 13.5. The lowest BCUT2D eigenvalue weighted by atomic mass is 10.1. The molecule has 2 aliphatic rings. The quantitative estimate of drug-likeness (QED) is 0.666. The summed E-state index contributed by atoms with van der Waals surface area (Å²) in [5.74, 6) is 2.77. The summed E-state index contributed by atoms with van der Waals surface area (Å²) in [7, 11) is 0. The fourth-order valence-electron chi connectivity index (χ4n) is 2.71. The summed E-state index contributed by atoms with van der Waals surface area (Å²) >= 11 is 6.15. The Kier molecular flexibility index (Phi) is 3.79. The van der Waals surface area contributed by atoms with Crippen molar-refractivity contribution in [1.29, 1.82) is 0 Å². The van der Waals surface area contributed by atoms with E-state index in [9.17, 15) is 0 Å². The molecule has 0 bridgehead atoms. The third kappa shape index (κ3) is 2.37. The van der Waals surface area contributed by atoms with Crippen LogP contribution in [0.4, 0.5) is 11.4 Å². The van der Waals surface area contributed by atoms with Crippen LogP contribution in [-0.4, -0.2) is 12.4 Å². The molecule has 21 heavy (non-hydrogen) atoms. The molecule has 0 saturated carbocycles. The average Bonchev–Trinajstić information content (AvgIpc) is 2.98. The van der Waals surface area contributed by atoms with E-state index in [4.69, 9.17) is 16.3 Å². The van der Waals surface area contributed by atoms with Gasteiger partial charge in [0.25, 0.3) is 0 Å². The Bertz CT molecular complexity index is 715. The first kappa shape index (κ1) is 14.2. The fraction of sp³-hybridized carbons (Fsp3) is 0.188. The van der Waals surface area contributed by atoms with Crippen LogP contribution in [0.25, 0.3) is 0 Å². The standard InChI is InChI=1S/C16H13ClN2O.ClH/c17-11-7-8-15-13(10-11)19(16-6-3-9-18-16)12-4-1-2-5-14(12)20-15;/h1-2,4-5,7-8,10H,3,6,9H2;1H. The maximum Gasteiger partial charge on any atom is 0.151 e. The number of nitrogens with zero attached hydrogens (tertiary/aromatic N) is 2. The van der Waals surface area contributed by atoms with Gasteiger partial charge in [0, 0.05) is 18.0 Å². The second kappa shape index (κ2) is 5.58. The number of ether oxygens (including phenoxy) is 1. The van der Waals surface area contributed by atoms with Gasteiger partial charge < -0.3 is 4.74 Å². The fourth-order valence-corrected chi connectivity index (χ4v) is 2.88. The Morgan fingerprint density at radius 1 is 1.05 bits per heavy atom. The number of anilines is 2. The first-order valence-corrected chi connectivity index (χ1v) is 7.10. The highest BCUT2D eigenvalue weighted by Crippen LogP contribution is 2.48. The number of aliphatic imine (C=N–C) groups is 1. The molecular weight excluding hydrogens is 307 g/mol. The zero-order valence-corrected chi connectivity index (χ0v) is 12.8. The van der Waals surface area contributed by atoms with Crippen molar-refractivity contribution in [3.05, 3.63) is 47.5 Å². The molecule has 4 rings (SSSR count). The lowest BCUT2D eigenvalue weighted by Crippen LogP contribution is -2.27. The molecule has 3 nitrogen and oxygen atoms in total. The number of halogens is 2. The predicted octanol–water partition coefficient (Wildman–Crippen LogP) is 5.20. The Hall–Kier alpha value is -1.71. The molecule has 0 N–H and O–H groups in total. The molecule has 0 spiro atoms. The van der Waals surface area contributed by atoms with Gasteiger partial charge in [-0.2, -0.15) is 0 Å². The lowest BCUT2D eigenvalue weighted by molar-refractivity contribution is 0.477. The van der Waals surface area contributed by atoms with Crippen LogP contribution in [0.2, 0.25) is 5.02 Å².